The van der Waals surface area contributed by atoms with Crippen molar-refractivity contribution in [1.29, 1.82) is 0 Å². The fourth-order valence-corrected chi connectivity index (χ4v) is 2.18. The highest BCUT2D eigenvalue weighted by atomic mass is 79.9. The third kappa shape index (κ3) is 3.54. The van der Waals surface area contributed by atoms with Crippen molar-refractivity contribution >= 4 is 27.6 Å². The standard InChI is InChI=1S/C14H13BrN2O2/c1-9-7-10(15)5-6-12(9)16-8-11-3-2-4-13(17-11)14(18)19/h2-7,16H,8H2,1H3,(H,18,19). The van der Waals surface area contributed by atoms with Gasteiger partial charge in [-0.3, -0.25) is 0 Å². The molecule has 0 spiro atoms. The lowest BCUT2D eigenvalue weighted by Crippen LogP contribution is -2.07. The van der Waals surface area contributed by atoms with Gasteiger partial charge in [-0.15, -0.1) is 0 Å². The number of aryl methyl sites for hydroxylation is 1. The summed E-state index contributed by atoms with van der Waals surface area (Å²) in [6.45, 7) is 2.50. The monoisotopic (exact) mass is 320 g/mol. The van der Waals surface area contributed by atoms with Gasteiger partial charge in [0.25, 0.3) is 0 Å². The van der Waals surface area contributed by atoms with E-state index < -0.39 is 5.97 Å². The predicted molar refractivity (Wildman–Crippen MR) is 77.4 cm³/mol. The number of hydrogen-bond donors (Lipinski definition) is 2. The Labute approximate surface area is 119 Å². The predicted octanol–water partition coefficient (Wildman–Crippen LogP) is 3.46. The van der Waals surface area contributed by atoms with Crippen LogP contribution in [0.25, 0.3) is 0 Å². The average Bonchev–Trinajstić information content (AvgIpc) is 2.38. The lowest BCUT2D eigenvalue weighted by molar-refractivity contribution is 0.0690. The van der Waals surface area contributed by atoms with Crippen LogP contribution < -0.4 is 5.32 Å². The van der Waals surface area contributed by atoms with Crippen LogP contribution >= 0.6 is 15.9 Å². The summed E-state index contributed by atoms with van der Waals surface area (Å²) in [5, 5.41) is 12.1. The highest BCUT2D eigenvalue weighted by Gasteiger charge is 2.05. The van der Waals surface area contributed by atoms with Gasteiger partial charge in [0.2, 0.25) is 0 Å². The zero-order chi connectivity index (χ0) is 13.8. The Hall–Kier alpha value is -1.88. The van der Waals surface area contributed by atoms with E-state index in [0.717, 1.165) is 15.7 Å². The van der Waals surface area contributed by atoms with Crippen molar-refractivity contribution in [1.82, 2.24) is 4.98 Å². The smallest absolute Gasteiger partial charge is 0.354 e. The first-order valence-corrected chi connectivity index (χ1v) is 6.55. The number of pyridine rings is 1. The van der Waals surface area contributed by atoms with E-state index >= 15 is 0 Å². The minimum Gasteiger partial charge on any atom is -0.477 e. The molecule has 0 saturated heterocycles. The summed E-state index contributed by atoms with van der Waals surface area (Å²) < 4.78 is 1.03. The zero-order valence-electron chi connectivity index (χ0n) is 10.4. The maximum absolute atomic E-state index is 10.8. The van der Waals surface area contributed by atoms with E-state index in [0.29, 0.717) is 12.2 Å². The molecule has 1 aromatic heterocycles. The minimum atomic E-state index is -1.01. The molecule has 98 valence electrons. The van der Waals surface area contributed by atoms with Gasteiger partial charge >= 0.3 is 5.97 Å². The first-order chi connectivity index (χ1) is 9.06. The Morgan fingerprint density at radius 2 is 2.16 bits per heavy atom. The molecule has 5 heteroatoms. The molecule has 0 aliphatic rings. The van der Waals surface area contributed by atoms with Gasteiger partial charge < -0.3 is 10.4 Å². The normalized spacial score (nSPS) is 10.2. The molecule has 0 radical (unpaired) electrons. The molecule has 0 aliphatic carbocycles. The van der Waals surface area contributed by atoms with Crippen LogP contribution in [-0.4, -0.2) is 16.1 Å². The third-order valence-corrected chi connectivity index (χ3v) is 3.17. The molecule has 1 heterocycles. The maximum Gasteiger partial charge on any atom is 0.354 e. The summed E-state index contributed by atoms with van der Waals surface area (Å²) in [4.78, 5) is 14.9. The van der Waals surface area contributed by atoms with Gasteiger partial charge in [-0.05, 0) is 42.8 Å². The summed E-state index contributed by atoms with van der Waals surface area (Å²) in [7, 11) is 0. The molecule has 0 amide bonds. The van der Waals surface area contributed by atoms with Gasteiger partial charge in [0.1, 0.15) is 5.69 Å². The van der Waals surface area contributed by atoms with E-state index in [1.807, 2.05) is 25.1 Å². The lowest BCUT2D eigenvalue weighted by Gasteiger charge is -2.09. The summed E-state index contributed by atoms with van der Waals surface area (Å²) in [6, 6.07) is 10.9. The first-order valence-electron chi connectivity index (χ1n) is 5.75. The fourth-order valence-electron chi connectivity index (χ4n) is 1.71. The number of hydrogen-bond acceptors (Lipinski definition) is 3. The lowest BCUT2D eigenvalue weighted by atomic mass is 10.2. The summed E-state index contributed by atoms with van der Waals surface area (Å²) in [6.07, 6.45) is 0. The van der Waals surface area contributed by atoms with Crippen LogP contribution in [0.1, 0.15) is 21.7 Å². The van der Waals surface area contributed by atoms with E-state index in [1.165, 1.54) is 6.07 Å². The number of halogens is 1. The molecule has 19 heavy (non-hydrogen) atoms. The minimum absolute atomic E-state index is 0.0619. The van der Waals surface area contributed by atoms with Crippen molar-refractivity contribution < 1.29 is 9.90 Å². The molecular weight excluding hydrogens is 308 g/mol. The number of rotatable bonds is 4. The van der Waals surface area contributed by atoms with E-state index in [-0.39, 0.29) is 5.69 Å². The molecule has 0 atom stereocenters. The Morgan fingerprint density at radius 1 is 1.37 bits per heavy atom. The van der Waals surface area contributed by atoms with Crippen molar-refractivity contribution in [2.75, 3.05) is 5.32 Å². The maximum atomic E-state index is 10.8. The second-order valence-corrected chi connectivity index (χ2v) is 5.05. The number of carboxylic acids is 1. The Balaban J connectivity index is 2.10. The largest absolute Gasteiger partial charge is 0.477 e. The second-order valence-electron chi connectivity index (χ2n) is 4.13. The molecule has 4 nitrogen and oxygen atoms in total. The highest BCUT2D eigenvalue weighted by molar-refractivity contribution is 9.10. The third-order valence-electron chi connectivity index (χ3n) is 2.67. The van der Waals surface area contributed by atoms with Crippen LogP contribution in [0, 0.1) is 6.92 Å². The quantitative estimate of drug-likeness (QED) is 0.905. The molecule has 0 unspecified atom stereocenters. The number of benzene rings is 1. The molecule has 0 saturated carbocycles. The zero-order valence-corrected chi connectivity index (χ0v) is 11.9. The highest BCUT2D eigenvalue weighted by Crippen LogP contribution is 2.20. The first kappa shape index (κ1) is 13.5. The molecule has 0 bridgehead atoms. The van der Waals surface area contributed by atoms with Gasteiger partial charge in [0.05, 0.1) is 12.2 Å². The molecule has 0 aliphatic heterocycles. The van der Waals surface area contributed by atoms with Crippen molar-refractivity contribution in [3.05, 3.63) is 57.8 Å². The summed E-state index contributed by atoms with van der Waals surface area (Å²) >= 11 is 3.41. The van der Waals surface area contributed by atoms with Crippen molar-refractivity contribution in [3.63, 3.8) is 0 Å². The Morgan fingerprint density at radius 3 is 2.84 bits per heavy atom. The van der Waals surface area contributed by atoms with Crippen LogP contribution in [0.3, 0.4) is 0 Å². The number of aromatic carboxylic acids is 1. The number of nitrogens with zero attached hydrogens (tertiary/aromatic N) is 1. The number of aromatic nitrogens is 1. The van der Waals surface area contributed by atoms with Gasteiger partial charge in [-0.25, -0.2) is 9.78 Å². The summed E-state index contributed by atoms with van der Waals surface area (Å²) in [5.74, 6) is -1.01. The van der Waals surface area contributed by atoms with E-state index in [2.05, 4.69) is 26.2 Å². The fraction of sp³-hybridized carbons (Fsp3) is 0.143. The summed E-state index contributed by atoms with van der Waals surface area (Å²) in [5.41, 5.74) is 2.88. The molecule has 1 aromatic carbocycles. The number of carboxylic acid groups (broad SMARTS) is 1. The molecule has 2 aromatic rings. The Kier molecular flexibility index (Phi) is 4.16. The molecule has 2 N–H and O–H groups in total. The SMILES string of the molecule is Cc1cc(Br)ccc1NCc1cccc(C(=O)O)n1. The molecule has 2 rings (SSSR count). The van der Waals surface area contributed by atoms with Gasteiger partial charge in [0, 0.05) is 10.2 Å². The second kappa shape index (κ2) is 5.84. The number of carbonyl (C=O) groups is 1. The topological polar surface area (TPSA) is 62.2 Å². The molecule has 0 fully saturated rings. The average molecular weight is 321 g/mol. The van der Waals surface area contributed by atoms with Crippen LogP contribution in [0.4, 0.5) is 5.69 Å². The van der Waals surface area contributed by atoms with Crippen LogP contribution in [-0.2, 0) is 6.54 Å². The van der Waals surface area contributed by atoms with Gasteiger partial charge in [0.15, 0.2) is 0 Å². The van der Waals surface area contributed by atoms with E-state index in [1.54, 1.807) is 12.1 Å². The van der Waals surface area contributed by atoms with Gasteiger partial charge in [-0.1, -0.05) is 22.0 Å². The van der Waals surface area contributed by atoms with Crippen LogP contribution in [0.2, 0.25) is 0 Å². The van der Waals surface area contributed by atoms with Gasteiger partial charge in [-0.2, -0.15) is 0 Å². The number of nitrogens with one attached hydrogen (secondary N) is 1. The van der Waals surface area contributed by atoms with Crippen molar-refractivity contribution in [2.45, 2.75) is 13.5 Å². The molecular formula is C14H13BrN2O2. The van der Waals surface area contributed by atoms with Crippen molar-refractivity contribution in [3.8, 4) is 0 Å². The Bertz CT molecular complexity index is 614. The number of anilines is 1. The van der Waals surface area contributed by atoms with Crippen molar-refractivity contribution in [2.24, 2.45) is 0 Å². The van der Waals surface area contributed by atoms with E-state index in [9.17, 15) is 4.79 Å². The van der Waals surface area contributed by atoms with Crippen LogP contribution in [0.5, 0.6) is 0 Å². The van der Waals surface area contributed by atoms with E-state index in [4.69, 9.17) is 5.11 Å². The van der Waals surface area contributed by atoms with Crippen LogP contribution in [0.15, 0.2) is 40.9 Å².